The zero-order chi connectivity index (χ0) is 7.86. The molecule has 0 aromatic rings. The molecule has 0 aliphatic heterocycles. The van der Waals surface area contributed by atoms with Gasteiger partial charge < -0.3 is 35.6 Å². The molecule has 0 bridgehead atoms. The van der Waals surface area contributed by atoms with E-state index in [1.165, 1.54) is 0 Å². The summed E-state index contributed by atoms with van der Waals surface area (Å²) < 4.78 is 49.6. The molecular formula is C6H18BBrF5K2NO. The van der Waals surface area contributed by atoms with Crippen LogP contribution in [0.2, 0.25) is 0 Å². The molecule has 0 spiro atoms. The van der Waals surface area contributed by atoms with Crippen LogP contribution in [0.25, 0.3) is 0 Å². The first kappa shape index (κ1) is 72.5. The van der Waals surface area contributed by atoms with Gasteiger partial charge in [0.25, 0.3) is 0 Å². The van der Waals surface area contributed by atoms with Gasteiger partial charge in [-0.25, -0.2) is 5.26 Å². The van der Waals surface area contributed by atoms with Gasteiger partial charge in [0.15, 0.2) is 6.68 Å². The number of hydrogen-bond acceptors (Lipinski definition) is 1. The molecule has 0 radical (unpaired) electrons. The van der Waals surface area contributed by atoms with Gasteiger partial charge in [0.05, 0.1) is 5.97 Å². The van der Waals surface area contributed by atoms with Crippen molar-refractivity contribution >= 4 is 7.27 Å². The van der Waals surface area contributed by atoms with Gasteiger partial charge in [-0.3, -0.25) is 8.63 Å². The van der Waals surface area contributed by atoms with Crippen molar-refractivity contribution in [1.29, 1.82) is 5.26 Å². The summed E-state index contributed by atoms with van der Waals surface area (Å²) in [5, 5.41) is 7.14. The van der Waals surface area contributed by atoms with Crippen LogP contribution in [0.1, 0.15) is 29.7 Å². The van der Waals surface area contributed by atoms with E-state index in [0.29, 0.717) is 5.97 Å². The summed E-state index contributed by atoms with van der Waals surface area (Å²) >= 11 is 0. The fraction of sp³-hybridized carbons (Fsp3) is 0.667. The molecule has 0 aromatic heterocycles. The van der Waals surface area contributed by atoms with Crippen LogP contribution >= 0.6 is 0 Å². The number of hydrogen-bond donors (Lipinski definition) is 0. The van der Waals surface area contributed by atoms with Crippen LogP contribution in [-0.4, -0.2) is 12.7 Å². The maximum absolute atomic E-state index is 10.4. The molecule has 0 aliphatic carbocycles. The second-order valence-electron chi connectivity index (χ2n) is 0.644. The molecule has 2 nitrogen and oxygen atoms in total. The smallest absolute Gasteiger partial charge is 1.00 e. The normalized spacial score (nSPS) is 3.82. The summed E-state index contributed by atoms with van der Waals surface area (Å²) in [6.07, 6.45) is 0. The molecule has 0 saturated carbocycles. The maximum atomic E-state index is 10.4. The number of nitriles is 1. The van der Waals surface area contributed by atoms with Crippen molar-refractivity contribution in [2.45, 2.75) is 29.7 Å². The number of nitrogens with zero attached hydrogens (tertiary/aromatic N) is 1. The Kier molecular flexibility index (Phi) is 263. The first-order valence-corrected chi connectivity index (χ1v) is 1.52. The predicted molar refractivity (Wildman–Crippen MR) is 50.7 cm³/mol. The summed E-state index contributed by atoms with van der Waals surface area (Å²) in [5.41, 5.74) is 0. The summed E-state index contributed by atoms with van der Waals surface area (Å²) in [6.45, 7) is -3.08. The Labute approximate surface area is 198 Å². The first-order chi connectivity index (χ1) is 4.00. The minimum absolute atomic E-state index is 0. The quantitative estimate of drug-likeness (QED) is 0.234. The van der Waals surface area contributed by atoms with Gasteiger partial charge >= 0.3 is 110 Å². The van der Waals surface area contributed by atoms with Crippen LogP contribution < -0.4 is 120 Å². The van der Waals surface area contributed by atoms with Crippen molar-refractivity contribution in [2.75, 3.05) is 0 Å². The molecule has 0 fully saturated rings. The number of rotatable bonds is 0. The van der Waals surface area contributed by atoms with E-state index in [2.05, 4.69) is 0 Å². The van der Waals surface area contributed by atoms with Crippen molar-refractivity contribution in [1.82, 2.24) is 0 Å². The monoisotopic (exact) mass is 383 g/mol. The Balaban J connectivity index is -0.00000000494. The summed E-state index contributed by atoms with van der Waals surface area (Å²) in [6, 6.07) is 0. The van der Waals surface area contributed by atoms with Crippen LogP contribution in [0, 0.1) is 17.9 Å². The van der Waals surface area contributed by atoms with E-state index in [4.69, 9.17) is 5.26 Å². The third kappa shape index (κ3) is 224. The molecule has 0 unspecified atom stereocenters. The van der Waals surface area contributed by atoms with Gasteiger partial charge in [0.1, 0.15) is 0 Å². The standard InChI is InChI=1S/CBF2N.CF3.4CH4.BrH.2K.H2O/c3-2(4)1-5;2-1(3)4;;;;;;;;/h;;4*1H4;1H;;;1H2/q;-1;;;;;;2*+1;/p-1. The molecule has 0 aliphatic rings. The average Bonchev–Trinajstić information content (AvgIpc) is 1.65. The molecule has 0 heterocycles. The van der Waals surface area contributed by atoms with E-state index < -0.39 is 13.9 Å². The van der Waals surface area contributed by atoms with Gasteiger partial charge in [-0.2, -0.15) is 0 Å². The minimum Gasteiger partial charge on any atom is -1.00 e. The molecule has 0 aromatic carbocycles. The Morgan fingerprint density at radius 1 is 0.882 bits per heavy atom. The van der Waals surface area contributed by atoms with Crippen molar-refractivity contribution < 1.29 is 147 Å². The Hall–Kier alpha value is 2.92. The van der Waals surface area contributed by atoms with Gasteiger partial charge in [-0.05, 0) is 0 Å². The van der Waals surface area contributed by atoms with E-state index in [0.717, 1.165) is 0 Å². The largest absolute Gasteiger partial charge is 1.00 e. The average molecular weight is 384 g/mol. The van der Waals surface area contributed by atoms with Crippen LogP contribution in [0.4, 0.5) is 21.8 Å². The Bertz CT molecular complexity index is 110. The molecule has 2 N–H and O–H groups in total. The fourth-order valence-electron chi connectivity index (χ4n) is 0. The van der Waals surface area contributed by atoms with E-state index in [1.807, 2.05) is 0 Å². The topological polar surface area (TPSA) is 55.3 Å². The van der Waals surface area contributed by atoms with Crippen LogP contribution in [-0.2, 0) is 0 Å². The molecule has 0 saturated heterocycles. The second-order valence-corrected chi connectivity index (χ2v) is 0.644. The van der Waals surface area contributed by atoms with Gasteiger partial charge in [-0.1, -0.05) is 29.7 Å². The third-order valence-corrected chi connectivity index (χ3v) is 0.0976. The van der Waals surface area contributed by atoms with Crippen molar-refractivity contribution in [3.63, 3.8) is 0 Å². The molecule has 100 valence electrons. The molecule has 0 amide bonds. The van der Waals surface area contributed by atoms with Gasteiger partial charge in [0, 0.05) is 0 Å². The van der Waals surface area contributed by atoms with Gasteiger partial charge in [-0.15, -0.1) is 0 Å². The minimum atomic E-state index is -3.08. The molecule has 11 heteroatoms. The maximum Gasteiger partial charge on any atom is 1.00 e. The summed E-state index contributed by atoms with van der Waals surface area (Å²) in [5.74, 6) is 0.694. The first-order valence-electron chi connectivity index (χ1n) is 1.52. The zero-order valence-corrected chi connectivity index (χ0v) is 14.6. The van der Waals surface area contributed by atoms with Crippen molar-refractivity contribution in [2.24, 2.45) is 0 Å². The van der Waals surface area contributed by atoms with E-state index in [1.54, 1.807) is 0 Å². The van der Waals surface area contributed by atoms with E-state index in [-0.39, 0.29) is 155 Å². The SMILES string of the molecule is C.C.C.C.F[C-](F)F.N#CB(F)F.O.[Br-].[K+].[K+]. The zero-order valence-electron chi connectivity index (χ0n) is 6.79. The third-order valence-electron chi connectivity index (χ3n) is 0.0976. The summed E-state index contributed by atoms with van der Waals surface area (Å²) in [7, 11) is -2.81. The molecule has 0 atom stereocenters. The van der Waals surface area contributed by atoms with Crippen molar-refractivity contribution in [3.8, 4) is 5.97 Å². The predicted octanol–water partition coefficient (Wildman–Crippen LogP) is -5.45. The van der Waals surface area contributed by atoms with E-state index in [9.17, 15) is 21.8 Å². The van der Waals surface area contributed by atoms with Gasteiger partial charge in [0.2, 0.25) is 0 Å². The molecule has 17 heavy (non-hydrogen) atoms. The molecule has 0 rings (SSSR count). The van der Waals surface area contributed by atoms with E-state index >= 15 is 0 Å². The Morgan fingerprint density at radius 2 is 0.941 bits per heavy atom. The van der Waals surface area contributed by atoms with Crippen molar-refractivity contribution in [3.05, 3.63) is 6.68 Å². The summed E-state index contributed by atoms with van der Waals surface area (Å²) in [4.78, 5) is 0. The second kappa shape index (κ2) is 61.7. The van der Waals surface area contributed by atoms with Crippen LogP contribution in [0.15, 0.2) is 0 Å². The fourth-order valence-corrected chi connectivity index (χ4v) is 0. The number of halogens is 6. The van der Waals surface area contributed by atoms with Crippen LogP contribution in [0.3, 0.4) is 0 Å². The Morgan fingerprint density at radius 3 is 0.941 bits per heavy atom. The van der Waals surface area contributed by atoms with Crippen LogP contribution in [0.5, 0.6) is 0 Å². The molecular weight excluding hydrogens is 366 g/mol.